The van der Waals surface area contributed by atoms with Gasteiger partial charge in [-0.3, -0.25) is 9.36 Å². The van der Waals surface area contributed by atoms with E-state index in [4.69, 9.17) is 14.2 Å². The van der Waals surface area contributed by atoms with Crippen molar-refractivity contribution in [1.29, 1.82) is 0 Å². The Bertz CT molecular complexity index is 1390. The summed E-state index contributed by atoms with van der Waals surface area (Å²) in [6, 6.07) is 21.0. The van der Waals surface area contributed by atoms with Crippen LogP contribution in [0, 0.1) is 6.92 Å². The van der Waals surface area contributed by atoms with E-state index in [1.54, 1.807) is 39.5 Å². The zero-order chi connectivity index (χ0) is 26.2. The lowest BCUT2D eigenvalue weighted by molar-refractivity contribution is -0.118. The van der Waals surface area contributed by atoms with Crippen LogP contribution in [0.15, 0.2) is 77.0 Å². The molecule has 3 aromatic carbocycles. The van der Waals surface area contributed by atoms with Gasteiger partial charge in [0.15, 0.2) is 11.0 Å². The first-order chi connectivity index (χ1) is 18.0. The fraction of sp³-hybridized carbons (Fsp3) is 0.185. The second-order valence-electron chi connectivity index (χ2n) is 7.90. The number of carbonyl (C=O) groups is 1. The molecule has 0 bridgehead atoms. The normalized spacial score (nSPS) is 10.9. The summed E-state index contributed by atoms with van der Waals surface area (Å²) in [5, 5.41) is 13.4. The maximum Gasteiger partial charge on any atom is 0.250 e. The summed E-state index contributed by atoms with van der Waals surface area (Å²) in [7, 11) is 4.77. The van der Waals surface area contributed by atoms with Crippen LogP contribution in [0.4, 0.5) is 0 Å². The fourth-order valence-electron chi connectivity index (χ4n) is 3.48. The first-order valence-electron chi connectivity index (χ1n) is 11.4. The summed E-state index contributed by atoms with van der Waals surface area (Å²) < 4.78 is 17.8. The fourth-order valence-corrected chi connectivity index (χ4v) is 4.22. The van der Waals surface area contributed by atoms with Crippen molar-refractivity contribution < 1.29 is 19.0 Å². The Hall–Kier alpha value is -4.31. The molecule has 0 aliphatic carbocycles. The zero-order valence-corrected chi connectivity index (χ0v) is 21.8. The number of nitrogens with one attached hydrogen (secondary N) is 1. The quantitative estimate of drug-likeness (QED) is 0.188. The van der Waals surface area contributed by atoms with Crippen molar-refractivity contribution in [3.05, 3.63) is 77.9 Å². The number of aromatic nitrogens is 3. The van der Waals surface area contributed by atoms with E-state index >= 15 is 0 Å². The third-order valence-electron chi connectivity index (χ3n) is 5.44. The summed E-state index contributed by atoms with van der Waals surface area (Å²) >= 11 is 1.27. The van der Waals surface area contributed by atoms with Crippen LogP contribution in [0.5, 0.6) is 17.2 Å². The Kier molecular flexibility index (Phi) is 8.42. The van der Waals surface area contributed by atoms with E-state index in [0.29, 0.717) is 28.0 Å². The van der Waals surface area contributed by atoms with Crippen LogP contribution >= 0.6 is 11.8 Å². The Morgan fingerprint density at radius 1 is 0.946 bits per heavy atom. The molecule has 0 radical (unpaired) electrons. The monoisotopic (exact) mass is 517 g/mol. The van der Waals surface area contributed by atoms with E-state index in [1.165, 1.54) is 18.0 Å². The Morgan fingerprint density at radius 3 is 2.32 bits per heavy atom. The second-order valence-corrected chi connectivity index (χ2v) is 8.84. The number of hydrazone groups is 1. The van der Waals surface area contributed by atoms with Crippen molar-refractivity contribution in [2.75, 3.05) is 27.1 Å². The van der Waals surface area contributed by atoms with Crippen LogP contribution in [0.3, 0.4) is 0 Å². The van der Waals surface area contributed by atoms with Gasteiger partial charge in [-0.2, -0.15) is 5.10 Å². The van der Waals surface area contributed by atoms with E-state index in [1.807, 2.05) is 60.0 Å². The molecule has 4 rings (SSSR count). The van der Waals surface area contributed by atoms with Gasteiger partial charge >= 0.3 is 0 Å². The average Bonchev–Trinajstić information content (AvgIpc) is 3.36. The Labute approximate surface area is 219 Å². The lowest BCUT2D eigenvalue weighted by Gasteiger charge is -2.11. The number of nitrogens with zero attached hydrogens (tertiary/aromatic N) is 4. The van der Waals surface area contributed by atoms with Gasteiger partial charge < -0.3 is 14.2 Å². The van der Waals surface area contributed by atoms with E-state index in [-0.39, 0.29) is 11.7 Å². The first-order valence-corrected chi connectivity index (χ1v) is 12.3. The van der Waals surface area contributed by atoms with Gasteiger partial charge in [-0.1, -0.05) is 29.5 Å². The summed E-state index contributed by atoms with van der Waals surface area (Å²) in [5.74, 6) is 2.50. The van der Waals surface area contributed by atoms with Gasteiger partial charge in [0, 0.05) is 22.9 Å². The molecule has 10 heteroatoms. The molecule has 9 nitrogen and oxygen atoms in total. The van der Waals surface area contributed by atoms with Gasteiger partial charge in [-0.05, 0) is 55.5 Å². The third kappa shape index (κ3) is 6.28. The lowest BCUT2D eigenvalue weighted by atomic mass is 10.2. The molecule has 0 fully saturated rings. The summed E-state index contributed by atoms with van der Waals surface area (Å²) in [6.45, 7) is 2.03. The highest BCUT2D eigenvalue weighted by Crippen LogP contribution is 2.29. The van der Waals surface area contributed by atoms with Crippen LogP contribution < -0.4 is 19.6 Å². The molecular weight excluding hydrogens is 490 g/mol. The van der Waals surface area contributed by atoms with E-state index in [2.05, 4.69) is 20.7 Å². The SMILES string of the molecule is COc1ccc(-c2nnc(SCC(=O)N/N=C\c3ccc(OC)cc3OC)n2-c2ccc(C)cc2)cc1. The van der Waals surface area contributed by atoms with Crippen LogP contribution in [0.1, 0.15) is 11.1 Å². The highest BCUT2D eigenvalue weighted by molar-refractivity contribution is 7.99. The number of aryl methyl sites for hydroxylation is 1. The second kappa shape index (κ2) is 12.1. The average molecular weight is 518 g/mol. The molecule has 1 heterocycles. The van der Waals surface area contributed by atoms with Gasteiger partial charge in [-0.25, -0.2) is 5.43 Å². The molecule has 37 heavy (non-hydrogen) atoms. The highest BCUT2D eigenvalue weighted by atomic mass is 32.2. The van der Waals surface area contributed by atoms with E-state index in [0.717, 1.165) is 22.6 Å². The maximum atomic E-state index is 12.5. The number of benzene rings is 3. The summed E-state index contributed by atoms with van der Waals surface area (Å²) in [4.78, 5) is 12.5. The minimum atomic E-state index is -0.279. The molecule has 1 N–H and O–H groups in total. The van der Waals surface area contributed by atoms with Gasteiger partial charge in [0.05, 0.1) is 33.3 Å². The highest BCUT2D eigenvalue weighted by Gasteiger charge is 2.17. The first kappa shape index (κ1) is 25.8. The molecule has 4 aromatic rings. The van der Waals surface area contributed by atoms with Crippen molar-refractivity contribution >= 4 is 23.9 Å². The number of methoxy groups -OCH3 is 3. The Morgan fingerprint density at radius 2 is 1.65 bits per heavy atom. The largest absolute Gasteiger partial charge is 0.497 e. The number of ether oxygens (including phenoxy) is 3. The van der Waals surface area contributed by atoms with Crippen molar-refractivity contribution in [2.24, 2.45) is 5.10 Å². The van der Waals surface area contributed by atoms with E-state index < -0.39 is 0 Å². The predicted octanol–water partition coefficient (Wildman–Crippen LogP) is 4.51. The van der Waals surface area contributed by atoms with Crippen molar-refractivity contribution in [1.82, 2.24) is 20.2 Å². The predicted molar refractivity (Wildman–Crippen MR) is 144 cm³/mol. The summed E-state index contributed by atoms with van der Waals surface area (Å²) in [6.07, 6.45) is 1.53. The zero-order valence-electron chi connectivity index (χ0n) is 21.0. The van der Waals surface area contributed by atoms with Crippen LogP contribution in [-0.2, 0) is 4.79 Å². The van der Waals surface area contributed by atoms with Gasteiger partial charge in [0.25, 0.3) is 5.91 Å². The van der Waals surface area contributed by atoms with Gasteiger partial charge in [0.2, 0.25) is 0 Å². The topological polar surface area (TPSA) is 99.9 Å². The molecule has 0 atom stereocenters. The smallest absolute Gasteiger partial charge is 0.250 e. The van der Waals surface area contributed by atoms with Crippen molar-refractivity contribution in [3.8, 4) is 34.3 Å². The number of hydrogen-bond donors (Lipinski definition) is 1. The minimum absolute atomic E-state index is 0.101. The molecule has 0 spiro atoms. The number of rotatable bonds is 10. The van der Waals surface area contributed by atoms with Crippen molar-refractivity contribution in [3.63, 3.8) is 0 Å². The molecule has 0 aliphatic rings. The molecule has 0 aliphatic heterocycles. The molecule has 1 amide bonds. The third-order valence-corrected chi connectivity index (χ3v) is 6.37. The molecule has 0 unspecified atom stereocenters. The van der Waals surface area contributed by atoms with E-state index in [9.17, 15) is 4.79 Å². The molecule has 190 valence electrons. The molecular formula is C27H27N5O4S. The molecule has 1 aromatic heterocycles. The standard InChI is InChI=1S/C27H27N5O4S/c1-18-5-10-21(11-6-18)32-26(19-7-12-22(34-2)13-8-19)30-31-27(32)37-17-25(33)29-28-16-20-9-14-23(35-3)15-24(20)36-4/h5-16H,17H2,1-4H3,(H,29,33)/b28-16-. The Balaban J connectivity index is 1.50. The van der Waals surface area contributed by atoms with Crippen molar-refractivity contribution in [2.45, 2.75) is 12.1 Å². The minimum Gasteiger partial charge on any atom is -0.497 e. The number of thioether (sulfide) groups is 1. The number of carbonyl (C=O) groups excluding carboxylic acids is 1. The number of hydrogen-bond acceptors (Lipinski definition) is 8. The molecule has 0 saturated heterocycles. The molecule has 0 saturated carbocycles. The van der Waals surface area contributed by atoms with Gasteiger partial charge in [0.1, 0.15) is 17.2 Å². The summed E-state index contributed by atoms with van der Waals surface area (Å²) in [5.41, 5.74) is 6.18. The number of amides is 1. The van der Waals surface area contributed by atoms with Crippen LogP contribution in [0.2, 0.25) is 0 Å². The van der Waals surface area contributed by atoms with Gasteiger partial charge in [-0.15, -0.1) is 10.2 Å². The lowest BCUT2D eigenvalue weighted by Crippen LogP contribution is -2.20. The van der Waals surface area contributed by atoms with Crippen LogP contribution in [-0.4, -0.2) is 54.0 Å². The maximum absolute atomic E-state index is 12.5. The van der Waals surface area contributed by atoms with Crippen LogP contribution in [0.25, 0.3) is 17.1 Å².